The minimum atomic E-state index is -0.264. The van der Waals surface area contributed by atoms with Gasteiger partial charge >= 0.3 is 0 Å². The van der Waals surface area contributed by atoms with Crippen molar-refractivity contribution in [2.75, 3.05) is 14.2 Å². The summed E-state index contributed by atoms with van der Waals surface area (Å²) in [4.78, 5) is 20.6. The van der Waals surface area contributed by atoms with Crippen molar-refractivity contribution in [3.63, 3.8) is 0 Å². The maximum atomic E-state index is 11.8. The standard InChI is InChI=1S/C9H10BrClN2O2/c1-5-6(9(14)13(2)15-3)4-7(10)8(11)12-5/h4H,1-3H3. The number of hydrogen-bond donors (Lipinski definition) is 0. The molecule has 1 aromatic rings. The normalized spacial score (nSPS) is 10.2. The van der Waals surface area contributed by atoms with E-state index in [-0.39, 0.29) is 5.91 Å². The summed E-state index contributed by atoms with van der Waals surface area (Å²) in [7, 11) is 2.95. The molecule has 1 aromatic heterocycles. The molecule has 0 saturated carbocycles. The van der Waals surface area contributed by atoms with Gasteiger partial charge in [0.25, 0.3) is 5.91 Å². The van der Waals surface area contributed by atoms with Gasteiger partial charge in [0, 0.05) is 7.05 Å². The molecular weight excluding hydrogens is 283 g/mol. The fourth-order valence-corrected chi connectivity index (χ4v) is 1.52. The molecule has 15 heavy (non-hydrogen) atoms. The molecular formula is C9H10BrClN2O2. The second-order valence-corrected chi connectivity index (χ2v) is 4.09. The lowest BCUT2D eigenvalue weighted by Crippen LogP contribution is -2.26. The molecule has 0 fully saturated rings. The zero-order valence-corrected chi connectivity index (χ0v) is 10.9. The highest BCUT2D eigenvalue weighted by molar-refractivity contribution is 9.10. The van der Waals surface area contributed by atoms with Crippen LogP contribution in [0.1, 0.15) is 16.1 Å². The fourth-order valence-electron chi connectivity index (χ4n) is 1.02. The number of carbonyl (C=O) groups is 1. The molecule has 0 radical (unpaired) electrons. The summed E-state index contributed by atoms with van der Waals surface area (Å²) in [5.41, 5.74) is 1.02. The van der Waals surface area contributed by atoms with Crippen molar-refractivity contribution in [2.24, 2.45) is 0 Å². The number of amides is 1. The fraction of sp³-hybridized carbons (Fsp3) is 0.333. The molecule has 0 aliphatic rings. The molecule has 6 heteroatoms. The first kappa shape index (κ1) is 12.4. The van der Waals surface area contributed by atoms with Gasteiger partial charge in [0.05, 0.1) is 22.8 Å². The van der Waals surface area contributed by atoms with Gasteiger partial charge in [-0.1, -0.05) is 11.6 Å². The lowest BCUT2D eigenvalue weighted by Gasteiger charge is -2.15. The predicted octanol–water partition coefficient (Wildman–Crippen LogP) is 2.44. The molecule has 0 unspecified atom stereocenters. The van der Waals surface area contributed by atoms with Crippen molar-refractivity contribution in [1.29, 1.82) is 0 Å². The Bertz CT molecular complexity index is 398. The van der Waals surface area contributed by atoms with Gasteiger partial charge in [0.15, 0.2) is 0 Å². The van der Waals surface area contributed by atoms with Crippen LogP contribution < -0.4 is 0 Å². The average Bonchev–Trinajstić information content (AvgIpc) is 2.21. The number of rotatable bonds is 2. The maximum absolute atomic E-state index is 11.8. The van der Waals surface area contributed by atoms with Gasteiger partial charge in [-0.15, -0.1) is 0 Å². The van der Waals surface area contributed by atoms with Crippen LogP contribution in [0.15, 0.2) is 10.5 Å². The summed E-state index contributed by atoms with van der Waals surface area (Å²) in [6.45, 7) is 1.72. The van der Waals surface area contributed by atoms with Crippen molar-refractivity contribution in [2.45, 2.75) is 6.92 Å². The topological polar surface area (TPSA) is 42.4 Å². The van der Waals surface area contributed by atoms with Gasteiger partial charge in [0.1, 0.15) is 5.15 Å². The smallest absolute Gasteiger partial charge is 0.274 e. The van der Waals surface area contributed by atoms with Crippen molar-refractivity contribution >= 4 is 33.4 Å². The molecule has 0 aliphatic heterocycles. The molecule has 0 spiro atoms. The van der Waals surface area contributed by atoms with Crippen molar-refractivity contribution in [3.8, 4) is 0 Å². The first-order valence-corrected chi connectivity index (χ1v) is 5.29. The highest BCUT2D eigenvalue weighted by Gasteiger charge is 2.16. The van der Waals surface area contributed by atoms with Crippen LogP contribution in [0.4, 0.5) is 0 Å². The number of aryl methyl sites for hydroxylation is 1. The Labute approximate surface area is 101 Å². The summed E-state index contributed by atoms with van der Waals surface area (Å²) < 4.78 is 0.586. The van der Waals surface area contributed by atoms with E-state index in [0.717, 1.165) is 5.06 Å². The Balaban J connectivity index is 3.15. The number of hydroxylamine groups is 2. The minimum absolute atomic E-state index is 0.264. The van der Waals surface area contributed by atoms with E-state index in [1.54, 1.807) is 13.0 Å². The molecule has 0 aromatic carbocycles. The maximum Gasteiger partial charge on any atom is 0.279 e. The highest BCUT2D eigenvalue weighted by atomic mass is 79.9. The zero-order valence-electron chi connectivity index (χ0n) is 8.54. The van der Waals surface area contributed by atoms with Crippen LogP contribution in [-0.2, 0) is 4.84 Å². The third kappa shape index (κ3) is 2.68. The summed E-state index contributed by atoms with van der Waals surface area (Å²) in [6, 6.07) is 1.63. The summed E-state index contributed by atoms with van der Waals surface area (Å²) in [5, 5.41) is 1.47. The number of hydrogen-bond acceptors (Lipinski definition) is 3. The van der Waals surface area contributed by atoms with Crippen LogP contribution in [0.5, 0.6) is 0 Å². The molecule has 82 valence electrons. The van der Waals surface area contributed by atoms with E-state index in [4.69, 9.17) is 16.4 Å². The van der Waals surface area contributed by atoms with Crippen LogP contribution in [0.2, 0.25) is 5.15 Å². The Morgan fingerprint density at radius 1 is 1.67 bits per heavy atom. The molecule has 4 nitrogen and oxygen atoms in total. The van der Waals surface area contributed by atoms with Crippen LogP contribution in [0.3, 0.4) is 0 Å². The molecule has 1 rings (SSSR count). The van der Waals surface area contributed by atoms with Gasteiger partial charge in [-0.05, 0) is 28.9 Å². The number of pyridine rings is 1. The first-order valence-electron chi connectivity index (χ1n) is 4.12. The van der Waals surface area contributed by atoms with Crippen molar-refractivity contribution in [1.82, 2.24) is 10.0 Å². The second-order valence-electron chi connectivity index (χ2n) is 2.88. The average molecular weight is 294 g/mol. The lowest BCUT2D eigenvalue weighted by atomic mass is 10.2. The van der Waals surface area contributed by atoms with Crippen molar-refractivity contribution in [3.05, 3.63) is 26.9 Å². The van der Waals surface area contributed by atoms with E-state index >= 15 is 0 Å². The lowest BCUT2D eigenvalue weighted by molar-refractivity contribution is -0.0757. The number of aromatic nitrogens is 1. The highest BCUT2D eigenvalue weighted by Crippen LogP contribution is 2.23. The van der Waals surface area contributed by atoms with Gasteiger partial charge in [-0.25, -0.2) is 10.0 Å². The molecule has 0 saturated heterocycles. The SMILES string of the molecule is CON(C)C(=O)c1cc(Br)c(Cl)nc1C. The quantitative estimate of drug-likeness (QED) is 0.621. The van der Waals surface area contributed by atoms with Gasteiger partial charge in [-0.3, -0.25) is 9.63 Å². The molecule has 0 aliphatic carbocycles. The van der Waals surface area contributed by atoms with E-state index in [1.165, 1.54) is 14.2 Å². The second kappa shape index (κ2) is 4.92. The van der Waals surface area contributed by atoms with Crippen LogP contribution in [0.25, 0.3) is 0 Å². The molecule has 1 amide bonds. The van der Waals surface area contributed by atoms with E-state index in [0.29, 0.717) is 20.9 Å². The van der Waals surface area contributed by atoms with E-state index < -0.39 is 0 Å². The Hall–Kier alpha value is -0.650. The minimum Gasteiger partial charge on any atom is -0.274 e. The number of halogens is 2. The van der Waals surface area contributed by atoms with Gasteiger partial charge in [0.2, 0.25) is 0 Å². The molecule has 0 N–H and O–H groups in total. The van der Waals surface area contributed by atoms with Crippen LogP contribution in [0, 0.1) is 6.92 Å². The van der Waals surface area contributed by atoms with E-state index in [1.807, 2.05) is 0 Å². The monoisotopic (exact) mass is 292 g/mol. The first-order chi connectivity index (χ1) is 6.97. The Morgan fingerprint density at radius 3 is 2.80 bits per heavy atom. The number of carbonyl (C=O) groups excluding carboxylic acids is 1. The van der Waals surface area contributed by atoms with Gasteiger partial charge < -0.3 is 0 Å². The Morgan fingerprint density at radius 2 is 2.27 bits per heavy atom. The summed E-state index contributed by atoms with van der Waals surface area (Å²) in [5.74, 6) is -0.264. The van der Waals surface area contributed by atoms with Gasteiger partial charge in [-0.2, -0.15) is 0 Å². The largest absolute Gasteiger partial charge is 0.279 e. The molecule has 0 bridgehead atoms. The van der Waals surface area contributed by atoms with E-state index in [2.05, 4.69) is 20.9 Å². The summed E-state index contributed by atoms with van der Waals surface area (Å²) in [6.07, 6.45) is 0. The summed E-state index contributed by atoms with van der Waals surface area (Å²) >= 11 is 9.00. The third-order valence-electron chi connectivity index (χ3n) is 1.91. The predicted molar refractivity (Wildman–Crippen MR) is 60.8 cm³/mol. The van der Waals surface area contributed by atoms with Crippen molar-refractivity contribution < 1.29 is 9.63 Å². The van der Waals surface area contributed by atoms with E-state index in [9.17, 15) is 4.79 Å². The van der Waals surface area contributed by atoms with Crippen LogP contribution in [-0.4, -0.2) is 30.1 Å². The van der Waals surface area contributed by atoms with Crippen LogP contribution >= 0.6 is 27.5 Å². The third-order valence-corrected chi connectivity index (χ3v) is 3.03. The molecule has 0 atom stereocenters. The molecule has 1 heterocycles. The Kier molecular flexibility index (Phi) is 4.07. The zero-order chi connectivity index (χ0) is 11.6. The number of nitrogens with zero attached hydrogens (tertiary/aromatic N) is 2.